The number of hydrogen-bond acceptors (Lipinski definition) is 4. The predicted molar refractivity (Wildman–Crippen MR) is 111 cm³/mol. The Morgan fingerprint density at radius 3 is 2.56 bits per heavy atom. The zero-order valence-electron chi connectivity index (χ0n) is 15.3. The molecular formula is C21H22ClN3OS. The van der Waals surface area contributed by atoms with Crippen LogP contribution in [0.4, 0.5) is 0 Å². The number of benzene rings is 2. The Morgan fingerprint density at radius 1 is 1.07 bits per heavy atom. The van der Waals surface area contributed by atoms with Gasteiger partial charge in [-0.2, -0.15) is 0 Å². The number of rotatable bonds is 5. The molecule has 3 aromatic rings. The molecule has 2 heterocycles. The van der Waals surface area contributed by atoms with Gasteiger partial charge < -0.3 is 4.74 Å². The first-order chi connectivity index (χ1) is 13.2. The molecule has 2 aromatic carbocycles. The van der Waals surface area contributed by atoms with Gasteiger partial charge in [0.2, 0.25) is 0 Å². The zero-order chi connectivity index (χ0) is 18.6. The quantitative estimate of drug-likeness (QED) is 0.527. The van der Waals surface area contributed by atoms with E-state index in [1.807, 2.05) is 24.3 Å². The molecule has 1 atom stereocenters. The summed E-state index contributed by atoms with van der Waals surface area (Å²) >= 11 is 7.76. The van der Waals surface area contributed by atoms with Crippen LogP contribution in [0.1, 0.15) is 24.8 Å². The number of ether oxygens (including phenoxy) is 1. The van der Waals surface area contributed by atoms with Crippen LogP contribution in [-0.4, -0.2) is 33.2 Å². The van der Waals surface area contributed by atoms with Crippen LogP contribution in [0.3, 0.4) is 0 Å². The molecule has 0 saturated carbocycles. The monoisotopic (exact) mass is 399 g/mol. The lowest BCUT2D eigenvalue weighted by molar-refractivity contribution is 0.0315. The van der Waals surface area contributed by atoms with Gasteiger partial charge in [-0.1, -0.05) is 41.1 Å². The van der Waals surface area contributed by atoms with E-state index in [2.05, 4.69) is 46.0 Å². The molecule has 1 aromatic heterocycles. The third-order valence-corrected chi connectivity index (χ3v) is 6.01. The Balaban J connectivity index is 1.67. The van der Waals surface area contributed by atoms with Gasteiger partial charge in [0.15, 0.2) is 11.0 Å². The number of halogens is 1. The van der Waals surface area contributed by atoms with Crippen LogP contribution in [0.2, 0.25) is 5.02 Å². The number of nitrogens with zero attached hydrogens (tertiary/aromatic N) is 3. The second-order valence-electron chi connectivity index (χ2n) is 6.78. The average molecular weight is 400 g/mol. The molecule has 0 aliphatic carbocycles. The Kier molecular flexibility index (Phi) is 5.81. The fourth-order valence-corrected chi connectivity index (χ4v) is 4.33. The second-order valence-corrected chi connectivity index (χ2v) is 8.21. The van der Waals surface area contributed by atoms with E-state index in [1.165, 1.54) is 18.4 Å². The van der Waals surface area contributed by atoms with Crippen molar-refractivity contribution < 1.29 is 4.74 Å². The Labute approximate surface area is 168 Å². The predicted octanol–water partition coefficient (Wildman–Crippen LogP) is 5.56. The highest BCUT2D eigenvalue weighted by atomic mass is 35.5. The maximum Gasteiger partial charge on any atom is 0.196 e. The third-order valence-electron chi connectivity index (χ3n) is 4.70. The number of thioether (sulfide) groups is 1. The van der Waals surface area contributed by atoms with E-state index in [-0.39, 0.29) is 0 Å². The van der Waals surface area contributed by atoms with E-state index >= 15 is 0 Å². The van der Waals surface area contributed by atoms with Crippen LogP contribution in [-0.2, 0) is 4.74 Å². The van der Waals surface area contributed by atoms with Crippen LogP contribution < -0.4 is 0 Å². The summed E-state index contributed by atoms with van der Waals surface area (Å²) in [6, 6.07) is 16.2. The van der Waals surface area contributed by atoms with E-state index in [4.69, 9.17) is 16.3 Å². The minimum atomic E-state index is 0.297. The first-order valence-electron chi connectivity index (χ1n) is 9.23. The van der Waals surface area contributed by atoms with E-state index in [0.717, 1.165) is 41.0 Å². The summed E-state index contributed by atoms with van der Waals surface area (Å²) < 4.78 is 7.99. The molecule has 1 fully saturated rings. The molecule has 0 amide bonds. The van der Waals surface area contributed by atoms with Gasteiger partial charge >= 0.3 is 0 Å². The van der Waals surface area contributed by atoms with Crippen molar-refractivity contribution in [2.45, 2.75) is 37.4 Å². The molecule has 4 rings (SSSR count). The lowest BCUT2D eigenvalue weighted by Crippen LogP contribution is -2.21. The molecule has 0 N–H and O–H groups in total. The van der Waals surface area contributed by atoms with Gasteiger partial charge in [0.05, 0.1) is 6.10 Å². The fourth-order valence-electron chi connectivity index (χ4n) is 3.18. The average Bonchev–Trinajstić information content (AvgIpc) is 3.12. The fraction of sp³-hybridized carbons (Fsp3) is 0.333. The number of aryl methyl sites for hydroxylation is 1. The van der Waals surface area contributed by atoms with Crippen molar-refractivity contribution >= 4 is 23.4 Å². The molecule has 0 bridgehead atoms. The minimum absolute atomic E-state index is 0.297. The molecule has 6 heteroatoms. The van der Waals surface area contributed by atoms with Gasteiger partial charge in [-0.25, -0.2) is 0 Å². The molecule has 27 heavy (non-hydrogen) atoms. The van der Waals surface area contributed by atoms with Crippen LogP contribution in [0, 0.1) is 6.92 Å². The summed E-state index contributed by atoms with van der Waals surface area (Å²) in [5.74, 6) is 1.72. The summed E-state index contributed by atoms with van der Waals surface area (Å²) in [6.45, 7) is 2.96. The zero-order valence-corrected chi connectivity index (χ0v) is 16.8. The molecule has 4 nitrogen and oxygen atoms in total. The van der Waals surface area contributed by atoms with Crippen molar-refractivity contribution in [1.82, 2.24) is 14.8 Å². The summed E-state index contributed by atoms with van der Waals surface area (Å²) in [4.78, 5) is 0. The van der Waals surface area contributed by atoms with Crippen molar-refractivity contribution in [3.63, 3.8) is 0 Å². The molecule has 1 unspecified atom stereocenters. The van der Waals surface area contributed by atoms with Crippen LogP contribution in [0.25, 0.3) is 17.1 Å². The minimum Gasteiger partial charge on any atom is -0.377 e. The first kappa shape index (κ1) is 18.5. The van der Waals surface area contributed by atoms with Crippen LogP contribution in [0.15, 0.2) is 53.7 Å². The van der Waals surface area contributed by atoms with Crippen molar-refractivity contribution in [3.8, 4) is 17.1 Å². The highest BCUT2D eigenvalue weighted by Crippen LogP contribution is 2.30. The van der Waals surface area contributed by atoms with Crippen molar-refractivity contribution in [1.29, 1.82) is 0 Å². The van der Waals surface area contributed by atoms with Crippen molar-refractivity contribution in [2.24, 2.45) is 0 Å². The number of hydrogen-bond donors (Lipinski definition) is 0. The van der Waals surface area contributed by atoms with Crippen molar-refractivity contribution in [3.05, 3.63) is 59.1 Å². The van der Waals surface area contributed by atoms with Gasteiger partial charge in [0.25, 0.3) is 0 Å². The molecule has 0 radical (unpaired) electrons. The van der Waals surface area contributed by atoms with E-state index < -0.39 is 0 Å². The SMILES string of the molecule is Cc1ccc(-n2c(SCC3CCCCO3)nnc2-c2ccc(Cl)cc2)cc1. The highest BCUT2D eigenvalue weighted by Gasteiger charge is 2.19. The normalized spacial score (nSPS) is 17.2. The summed E-state index contributed by atoms with van der Waals surface area (Å²) in [5.41, 5.74) is 3.28. The van der Waals surface area contributed by atoms with E-state index in [9.17, 15) is 0 Å². The Morgan fingerprint density at radius 2 is 1.85 bits per heavy atom. The standard InChI is InChI=1S/C21H22ClN3OS/c1-15-5-11-18(12-6-15)25-20(16-7-9-17(22)10-8-16)23-24-21(25)27-14-19-4-2-3-13-26-19/h5-12,19H,2-4,13-14H2,1H3. The molecule has 0 spiro atoms. The maximum absolute atomic E-state index is 6.05. The van der Waals surface area contributed by atoms with Gasteiger partial charge in [-0.15, -0.1) is 10.2 Å². The number of aromatic nitrogens is 3. The maximum atomic E-state index is 6.05. The van der Waals surface area contributed by atoms with E-state index in [1.54, 1.807) is 11.8 Å². The first-order valence-corrected chi connectivity index (χ1v) is 10.6. The van der Waals surface area contributed by atoms with Crippen LogP contribution in [0.5, 0.6) is 0 Å². The summed E-state index contributed by atoms with van der Waals surface area (Å²) in [5, 5.41) is 10.6. The summed E-state index contributed by atoms with van der Waals surface area (Å²) in [7, 11) is 0. The molecule has 1 aliphatic rings. The topological polar surface area (TPSA) is 39.9 Å². The summed E-state index contributed by atoms with van der Waals surface area (Å²) in [6.07, 6.45) is 3.83. The second kappa shape index (κ2) is 8.46. The lowest BCUT2D eigenvalue weighted by atomic mass is 10.1. The van der Waals surface area contributed by atoms with Crippen molar-refractivity contribution in [2.75, 3.05) is 12.4 Å². The third kappa shape index (κ3) is 4.37. The van der Waals surface area contributed by atoms with Gasteiger partial charge in [0.1, 0.15) is 0 Å². The van der Waals surface area contributed by atoms with Gasteiger partial charge in [-0.05, 0) is 62.6 Å². The largest absolute Gasteiger partial charge is 0.377 e. The van der Waals surface area contributed by atoms with Gasteiger partial charge in [-0.3, -0.25) is 4.57 Å². The van der Waals surface area contributed by atoms with E-state index in [0.29, 0.717) is 11.1 Å². The highest BCUT2D eigenvalue weighted by molar-refractivity contribution is 7.99. The van der Waals surface area contributed by atoms with Gasteiger partial charge in [0, 0.05) is 28.6 Å². The molecule has 1 saturated heterocycles. The Bertz CT molecular complexity index is 887. The molecule has 1 aliphatic heterocycles. The smallest absolute Gasteiger partial charge is 0.196 e. The molecular weight excluding hydrogens is 378 g/mol. The van der Waals surface area contributed by atoms with Crippen LogP contribution >= 0.6 is 23.4 Å². The Hall–Kier alpha value is -1.82. The lowest BCUT2D eigenvalue weighted by Gasteiger charge is -2.22. The molecule has 140 valence electrons.